The van der Waals surface area contributed by atoms with Crippen LogP contribution in [0, 0.1) is 0 Å². The van der Waals surface area contributed by atoms with Crippen molar-refractivity contribution in [3.63, 3.8) is 0 Å². The highest BCUT2D eigenvalue weighted by Gasteiger charge is 2.24. The third-order valence-electron chi connectivity index (χ3n) is 2.43. The van der Waals surface area contributed by atoms with E-state index in [-0.39, 0.29) is 10.9 Å². The number of pyridine rings is 1. The number of rotatable bonds is 3. The first-order chi connectivity index (χ1) is 7.57. The SMILES string of the molecule is CC(CCl)S(=O)(=O)c1cccc2nccn12. The number of hydrogen-bond acceptors (Lipinski definition) is 3. The first-order valence-electron chi connectivity index (χ1n) is 4.79. The molecule has 86 valence electrons. The molecule has 6 heteroatoms. The molecule has 0 aliphatic heterocycles. The van der Waals surface area contributed by atoms with Gasteiger partial charge in [0, 0.05) is 18.3 Å². The van der Waals surface area contributed by atoms with Crippen molar-refractivity contribution >= 4 is 27.1 Å². The number of halogens is 1. The molecule has 0 amide bonds. The van der Waals surface area contributed by atoms with E-state index >= 15 is 0 Å². The van der Waals surface area contributed by atoms with Gasteiger partial charge < -0.3 is 0 Å². The molecule has 2 rings (SSSR count). The van der Waals surface area contributed by atoms with Gasteiger partial charge in [0.15, 0.2) is 9.84 Å². The van der Waals surface area contributed by atoms with Crippen LogP contribution in [-0.4, -0.2) is 28.9 Å². The molecule has 0 aromatic carbocycles. The Morgan fingerprint density at radius 1 is 1.50 bits per heavy atom. The molecule has 2 aromatic rings. The number of hydrogen-bond donors (Lipinski definition) is 0. The van der Waals surface area contributed by atoms with Crippen LogP contribution < -0.4 is 0 Å². The van der Waals surface area contributed by atoms with Gasteiger partial charge in [-0.05, 0) is 19.1 Å². The fraction of sp³-hybridized carbons (Fsp3) is 0.300. The molecule has 4 nitrogen and oxygen atoms in total. The number of alkyl halides is 1. The van der Waals surface area contributed by atoms with Crippen LogP contribution in [0.5, 0.6) is 0 Å². The summed E-state index contributed by atoms with van der Waals surface area (Å²) in [5.41, 5.74) is 0.614. The Morgan fingerprint density at radius 2 is 2.25 bits per heavy atom. The maximum atomic E-state index is 12.1. The van der Waals surface area contributed by atoms with Gasteiger partial charge in [-0.25, -0.2) is 13.4 Å². The molecule has 0 bridgehead atoms. The van der Waals surface area contributed by atoms with Crippen molar-refractivity contribution in [1.82, 2.24) is 9.38 Å². The number of aromatic nitrogens is 2. The minimum atomic E-state index is -3.39. The zero-order valence-electron chi connectivity index (χ0n) is 8.67. The van der Waals surface area contributed by atoms with Crippen molar-refractivity contribution in [2.24, 2.45) is 0 Å². The Morgan fingerprint density at radius 3 is 2.94 bits per heavy atom. The van der Waals surface area contributed by atoms with Gasteiger partial charge in [0.2, 0.25) is 0 Å². The normalized spacial score (nSPS) is 14.1. The summed E-state index contributed by atoms with van der Waals surface area (Å²) in [5.74, 6) is 0.0768. The van der Waals surface area contributed by atoms with E-state index < -0.39 is 15.1 Å². The van der Waals surface area contributed by atoms with Crippen LogP contribution in [0.1, 0.15) is 6.92 Å². The van der Waals surface area contributed by atoms with Crippen LogP contribution in [0.25, 0.3) is 5.65 Å². The van der Waals surface area contributed by atoms with Crippen LogP contribution in [-0.2, 0) is 9.84 Å². The maximum Gasteiger partial charge on any atom is 0.197 e. The van der Waals surface area contributed by atoms with E-state index in [1.165, 1.54) is 0 Å². The summed E-state index contributed by atoms with van der Waals surface area (Å²) < 4.78 is 25.8. The molecule has 16 heavy (non-hydrogen) atoms. The minimum absolute atomic E-state index is 0.0768. The molecule has 1 unspecified atom stereocenters. The van der Waals surface area contributed by atoms with E-state index in [1.807, 2.05) is 0 Å². The zero-order valence-corrected chi connectivity index (χ0v) is 10.2. The van der Waals surface area contributed by atoms with E-state index in [0.29, 0.717) is 5.65 Å². The molecule has 0 saturated carbocycles. The lowest BCUT2D eigenvalue weighted by Gasteiger charge is -2.11. The number of sulfone groups is 1. The van der Waals surface area contributed by atoms with Gasteiger partial charge in [-0.15, -0.1) is 11.6 Å². The van der Waals surface area contributed by atoms with Crippen LogP contribution in [0.15, 0.2) is 35.6 Å². The second kappa shape index (κ2) is 4.07. The van der Waals surface area contributed by atoms with Crippen molar-refractivity contribution in [2.45, 2.75) is 17.2 Å². The molecule has 1 atom stereocenters. The quantitative estimate of drug-likeness (QED) is 0.788. The molecular weight excluding hydrogens is 248 g/mol. The van der Waals surface area contributed by atoms with E-state index in [0.717, 1.165) is 0 Å². The summed E-state index contributed by atoms with van der Waals surface area (Å²) in [6.07, 6.45) is 3.20. The van der Waals surface area contributed by atoms with Crippen molar-refractivity contribution < 1.29 is 8.42 Å². The molecule has 0 fully saturated rings. The predicted molar refractivity (Wildman–Crippen MR) is 62.6 cm³/mol. The lowest BCUT2D eigenvalue weighted by molar-refractivity contribution is 0.582. The minimum Gasteiger partial charge on any atom is -0.290 e. The Balaban J connectivity index is 2.68. The molecule has 2 heterocycles. The second-order valence-corrected chi connectivity index (χ2v) is 6.15. The van der Waals surface area contributed by atoms with Crippen LogP contribution >= 0.6 is 11.6 Å². The number of fused-ring (bicyclic) bond motifs is 1. The average molecular weight is 259 g/mol. The van der Waals surface area contributed by atoms with Gasteiger partial charge in [-0.2, -0.15) is 0 Å². The first kappa shape index (κ1) is 11.4. The van der Waals surface area contributed by atoms with Crippen molar-refractivity contribution in [3.8, 4) is 0 Å². The van der Waals surface area contributed by atoms with Gasteiger partial charge in [-0.1, -0.05) is 6.07 Å². The summed E-state index contributed by atoms with van der Waals surface area (Å²) in [7, 11) is -3.39. The highest BCUT2D eigenvalue weighted by atomic mass is 35.5. The largest absolute Gasteiger partial charge is 0.290 e. The standard InChI is InChI=1S/C10H11ClN2O2S/c1-8(7-11)16(14,15)10-4-2-3-9-12-5-6-13(9)10/h2-6,8H,7H2,1H3. The van der Waals surface area contributed by atoms with E-state index in [9.17, 15) is 8.42 Å². The topological polar surface area (TPSA) is 51.4 Å². The summed E-state index contributed by atoms with van der Waals surface area (Å²) in [4.78, 5) is 4.04. The number of imidazole rings is 1. The molecule has 0 aliphatic rings. The molecule has 2 aromatic heterocycles. The second-order valence-electron chi connectivity index (χ2n) is 3.53. The first-order valence-corrected chi connectivity index (χ1v) is 6.87. The van der Waals surface area contributed by atoms with Crippen molar-refractivity contribution in [2.75, 3.05) is 5.88 Å². The summed E-state index contributed by atoms with van der Waals surface area (Å²) >= 11 is 5.61. The van der Waals surface area contributed by atoms with E-state index in [4.69, 9.17) is 11.6 Å². The molecule has 0 saturated heterocycles. The predicted octanol–water partition coefficient (Wildman–Crippen LogP) is 1.74. The fourth-order valence-electron chi connectivity index (χ4n) is 1.44. The molecule has 0 aliphatic carbocycles. The van der Waals surface area contributed by atoms with Crippen molar-refractivity contribution in [1.29, 1.82) is 0 Å². The third-order valence-corrected chi connectivity index (χ3v) is 5.22. The van der Waals surface area contributed by atoms with Gasteiger partial charge >= 0.3 is 0 Å². The smallest absolute Gasteiger partial charge is 0.197 e. The lowest BCUT2D eigenvalue weighted by atomic mass is 10.5. The van der Waals surface area contributed by atoms with Crippen LogP contribution in [0.2, 0.25) is 0 Å². The van der Waals surface area contributed by atoms with E-state index in [1.54, 1.807) is 41.9 Å². The summed E-state index contributed by atoms with van der Waals surface area (Å²) in [6, 6.07) is 4.99. The lowest BCUT2D eigenvalue weighted by Crippen LogP contribution is -2.21. The Bertz CT molecular complexity index is 606. The Kier molecular flexibility index (Phi) is 2.90. The summed E-state index contributed by atoms with van der Waals surface area (Å²) in [5, 5.41) is -0.377. The van der Waals surface area contributed by atoms with Gasteiger partial charge in [0.05, 0.1) is 5.25 Å². The monoisotopic (exact) mass is 258 g/mol. The Labute approximate surface area is 98.8 Å². The summed E-state index contributed by atoms with van der Waals surface area (Å²) in [6.45, 7) is 1.60. The van der Waals surface area contributed by atoms with Gasteiger partial charge in [0.1, 0.15) is 10.7 Å². The molecular formula is C10H11ClN2O2S. The zero-order chi connectivity index (χ0) is 11.8. The molecule has 0 radical (unpaired) electrons. The molecule has 0 spiro atoms. The highest BCUT2D eigenvalue weighted by Crippen LogP contribution is 2.18. The van der Waals surface area contributed by atoms with Gasteiger partial charge in [0.25, 0.3) is 0 Å². The average Bonchev–Trinajstić information content (AvgIpc) is 2.75. The fourth-order valence-corrected chi connectivity index (χ4v) is 3.21. The Hall–Kier alpha value is -1.07. The number of nitrogens with zero attached hydrogens (tertiary/aromatic N) is 2. The molecule has 0 N–H and O–H groups in total. The highest BCUT2D eigenvalue weighted by molar-refractivity contribution is 7.92. The maximum absolute atomic E-state index is 12.1. The van der Waals surface area contributed by atoms with Crippen LogP contribution in [0.4, 0.5) is 0 Å². The third kappa shape index (κ3) is 1.70. The van der Waals surface area contributed by atoms with Crippen molar-refractivity contribution in [3.05, 3.63) is 30.6 Å². The van der Waals surface area contributed by atoms with Crippen LogP contribution in [0.3, 0.4) is 0 Å². The van der Waals surface area contributed by atoms with Gasteiger partial charge in [-0.3, -0.25) is 4.40 Å². The van der Waals surface area contributed by atoms with E-state index in [2.05, 4.69) is 4.98 Å².